The van der Waals surface area contributed by atoms with Gasteiger partial charge in [0.25, 0.3) is 0 Å². The number of hydrogen-bond donors (Lipinski definition) is 1. The van der Waals surface area contributed by atoms with Gasteiger partial charge in [0.15, 0.2) is 0 Å². The van der Waals surface area contributed by atoms with Gasteiger partial charge in [-0.2, -0.15) is 5.26 Å². The van der Waals surface area contributed by atoms with Crippen LogP contribution in [0.3, 0.4) is 0 Å². The van der Waals surface area contributed by atoms with Crippen LogP contribution < -0.4 is 5.32 Å². The van der Waals surface area contributed by atoms with Crippen LogP contribution in [0, 0.1) is 17.2 Å². The van der Waals surface area contributed by atoms with E-state index in [1.807, 2.05) is 18.2 Å². The van der Waals surface area contributed by atoms with Crippen LogP contribution in [0.25, 0.3) is 0 Å². The monoisotopic (exact) mass is 202 g/mol. The van der Waals surface area contributed by atoms with Gasteiger partial charge in [0.05, 0.1) is 12.1 Å². The lowest BCUT2D eigenvalue weighted by atomic mass is 10.0. The Hall–Kier alpha value is -1.33. The van der Waals surface area contributed by atoms with E-state index in [1.165, 1.54) is 5.56 Å². The molecule has 0 aromatic heterocycles. The maximum atomic E-state index is 8.94. The zero-order valence-electron chi connectivity index (χ0n) is 9.40. The van der Waals surface area contributed by atoms with E-state index in [1.54, 1.807) is 0 Å². The lowest BCUT2D eigenvalue weighted by Gasteiger charge is -2.13. The molecule has 0 fully saturated rings. The second kappa shape index (κ2) is 6.21. The number of rotatable bonds is 5. The van der Waals surface area contributed by atoms with Crippen LogP contribution in [-0.4, -0.2) is 6.04 Å². The Kier molecular flexibility index (Phi) is 4.86. The first-order valence-corrected chi connectivity index (χ1v) is 5.39. The fourth-order valence-electron chi connectivity index (χ4n) is 1.49. The molecule has 15 heavy (non-hydrogen) atoms. The Balaban J connectivity index is 2.39. The zero-order chi connectivity index (χ0) is 11.1. The summed E-state index contributed by atoms with van der Waals surface area (Å²) < 4.78 is 0. The van der Waals surface area contributed by atoms with Crippen LogP contribution in [0.2, 0.25) is 0 Å². The Morgan fingerprint density at radius 2 is 1.93 bits per heavy atom. The van der Waals surface area contributed by atoms with Gasteiger partial charge < -0.3 is 0 Å². The molecule has 80 valence electrons. The molecule has 0 saturated carbocycles. The van der Waals surface area contributed by atoms with E-state index in [9.17, 15) is 0 Å². The van der Waals surface area contributed by atoms with E-state index < -0.39 is 0 Å². The minimum absolute atomic E-state index is 0.0368. The van der Waals surface area contributed by atoms with E-state index in [0.717, 1.165) is 13.0 Å². The van der Waals surface area contributed by atoms with Gasteiger partial charge in [-0.3, -0.25) is 5.32 Å². The molecule has 1 aromatic carbocycles. The van der Waals surface area contributed by atoms with E-state index in [0.29, 0.717) is 5.92 Å². The standard InChI is InChI=1S/C13H18N2/c1-11(2)8-13(9-14)15-10-12-6-4-3-5-7-12/h3-7,11,13,15H,8,10H2,1-2H3/t13-/m1/s1. The molecule has 2 nitrogen and oxygen atoms in total. The molecule has 0 aliphatic carbocycles. The smallest absolute Gasteiger partial charge is 0.0958 e. The van der Waals surface area contributed by atoms with Gasteiger partial charge in [0.1, 0.15) is 0 Å². The summed E-state index contributed by atoms with van der Waals surface area (Å²) in [6.07, 6.45) is 0.906. The van der Waals surface area contributed by atoms with Gasteiger partial charge in [-0.15, -0.1) is 0 Å². The maximum absolute atomic E-state index is 8.94. The highest BCUT2D eigenvalue weighted by atomic mass is 14.9. The van der Waals surface area contributed by atoms with Gasteiger partial charge in [-0.25, -0.2) is 0 Å². The van der Waals surface area contributed by atoms with Crippen LogP contribution in [0.15, 0.2) is 30.3 Å². The second-order valence-electron chi connectivity index (χ2n) is 4.18. The second-order valence-corrected chi connectivity index (χ2v) is 4.18. The van der Waals surface area contributed by atoms with Crippen LogP contribution in [0.5, 0.6) is 0 Å². The van der Waals surface area contributed by atoms with Crippen molar-refractivity contribution in [1.29, 1.82) is 5.26 Å². The van der Waals surface area contributed by atoms with Crippen molar-refractivity contribution in [3.8, 4) is 6.07 Å². The molecule has 1 aromatic rings. The van der Waals surface area contributed by atoms with Crippen molar-refractivity contribution in [2.24, 2.45) is 5.92 Å². The fraction of sp³-hybridized carbons (Fsp3) is 0.462. The van der Waals surface area contributed by atoms with E-state index in [4.69, 9.17) is 5.26 Å². The summed E-state index contributed by atoms with van der Waals surface area (Å²) in [5.74, 6) is 0.554. The summed E-state index contributed by atoms with van der Waals surface area (Å²) in [4.78, 5) is 0. The Bertz CT molecular complexity index is 311. The lowest BCUT2D eigenvalue weighted by molar-refractivity contribution is 0.478. The third-order valence-corrected chi connectivity index (χ3v) is 2.26. The fourth-order valence-corrected chi connectivity index (χ4v) is 1.49. The summed E-state index contributed by atoms with van der Waals surface area (Å²) in [7, 11) is 0. The van der Waals surface area contributed by atoms with Crippen LogP contribution >= 0.6 is 0 Å². The van der Waals surface area contributed by atoms with Crippen molar-refractivity contribution in [1.82, 2.24) is 5.32 Å². The van der Waals surface area contributed by atoms with Gasteiger partial charge in [-0.1, -0.05) is 44.2 Å². The molecule has 1 rings (SSSR count). The predicted octanol–water partition coefficient (Wildman–Crippen LogP) is 2.71. The summed E-state index contributed by atoms with van der Waals surface area (Å²) >= 11 is 0. The largest absolute Gasteiger partial charge is 0.298 e. The number of nitrogens with one attached hydrogen (secondary N) is 1. The molecule has 0 aliphatic rings. The third kappa shape index (κ3) is 4.62. The van der Waals surface area contributed by atoms with Crippen LogP contribution in [0.4, 0.5) is 0 Å². The highest BCUT2D eigenvalue weighted by Gasteiger charge is 2.08. The highest BCUT2D eigenvalue weighted by Crippen LogP contribution is 2.05. The van der Waals surface area contributed by atoms with Gasteiger partial charge >= 0.3 is 0 Å². The summed E-state index contributed by atoms with van der Waals surface area (Å²) in [6, 6.07) is 12.4. The molecular weight excluding hydrogens is 184 g/mol. The lowest BCUT2D eigenvalue weighted by Crippen LogP contribution is -2.28. The molecule has 0 saturated heterocycles. The van der Waals surface area contributed by atoms with Crippen molar-refractivity contribution in [3.63, 3.8) is 0 Å². The normalized spacial score (nSPS) is 12.4. The predicted molar refractivity (Wildman–Crippen MR) is 62.1 cm³/mol. The van der Waals surface area contributed by atoms with E-state index in [2.05, 4.69) is 37.4 Å². The minimum atomic E-state index is -0.0368. The van der Waals surface area contributed by atoms with Gasteiger partial charge in [-0.05, 0) is 17.9 Å². The SMILES string of the molecule is CC(C)C[C@H](C#N)NCc1ccccc1. The number of benzene rings is 1. The molecule has 1 atom stereocenters. The van der Waals surface area contributed by atoms with Crippen molar-refractivity contribution < 1.29 is 0 Å². The summed E-state index contributed by atoms with van der Waals surface area (Å²) in [5.41, 5.74) is 1.22. The van der Waals surface area contributed by atoms with Crippen molar-refractivity contribution in [2.45, 2.75) is 32.9 Å². The number of hydrogen-bond acceptors (Lipinski definition) is 2. The molecule has 0 spiro atoms. The molecule has 0 heterocycles. The molecular formula is C13H18N2. The number of nitriles is 1. The topological polar surface area (TPSA) is 35.8 Å². The highest BCUT2D eigenvalue weighted by molar-refractivity contribution is 5.14. The molecule has 0 amide bonds. The van der Waals surface area contributed by atoms with Crippen molar-refractivity contribution >= 4 is 0 Å². The minimum Gasteiger partial charge on any atom is -0.298 e. The average molecular weight is 202 g/mol. The molecule has 2 heteroatoms. The van der Waals surface area contributed by atoms with E-state index in [-0.39, 0.29) is 6.04 Å². The van der Waals surface area contributed by atoms with Crippen molar-refractivity contribution in [2.75, 3.05) is 0 Å². The average Bonchev–Trinajstić information content (AvgIpc) is 2.25. The third-order valence-electron chi connectivity index (χ3n) is 2.26. The Morgan fingerprint density at radius 3 is 2.47 bits per heavy atom. The number of nitrogens with zero attached hydrogens (tertiary/aromatic N) is 1. The molecule has 0 bridgehead atoms. The first-order valence-electron chi connectivity index (χ1n) is 5.39. The van der Waals surface area contributed by atoms with Crippen LogP contribution in [-0.2, 0) is 6.54 Å². The quantitative estimate of drug-likeness (QED) is 0.797. The molecule has 0 unspecified atom stereocenters. The molecule has 0 aliphatic heterocycles. The first-order chi connectivity index (χ1) is 7.22. The van der Waals surface area contributed by atoms with Gasteiger partial charge in [0, 0.05) is 6.54 Å². The first kappa shape index (κ1) is 11.7. The summed E-state index contributed by atoms with van der Waals surface area (Å²) in [6.45, 7) is 5.04. The Labute approximate surface area is 91.9 Å². The zero-order valence-corrected chi connectivity index (χ0v) is 9.40. The van der Waals surface area contributed by atoms with E-state index >= 15 is 0 Å². The Morgan fingerprint density at radius 1 is 1.27 bits per heavy atom. The molecule has 0 radical (unpaired) electrons. The van der Waals surface area contributed by atoms with Crippen molar-refractivity contribution in [3.05, 3.63) is 35.9 Å². The maximum Gasteiger partial charge on any atom is 0.0958 e. The van der Waals surface area contributed by atoms with Crippen LogP contribution in [0.1, 0.15) is 25.8 Å². The van der Waals surface area contributed by atoms with Gasteiger partial charge in [0.2, 0.25) is 0 Å². The summed E-state index contributed by atoms with van der Waals surface area (Å²) in [5, 5.41) is 12.2. The molecule has 1 N–H and O–H groups in total.